The number of para-hydroxylation sites is 2. The smallest absolute Gasteiger partial charge is 0.277 e. The molecule has 0 fully saturated rings. The van der Waals surface area contributed by atoms with Crippen molar-refractivity contribution < 1.29 is 4.79 Å². The molecule has 0 atom stereocenters. The van der Waals surface area contributed by atoms with Crippen molar-refractivity contribution in [3.05, 3.63) is 30.0 Å². The number of anilines is 1. The average Bonchev–Trinajstić information content (AvgIpc) is 2.32. The number of nitrogens with zero attached hydrogens (tertiary/aromatic N) is 3. The highest BCUT2D eigenvalue weighted by atomic mass is 16.2. The van der Waals surface area contributed by atoms with Gasteiger partial charge in [-0.3, -0.25) is 4.79 Å². The zero-order chi connectivity index (χ0) is 11.1. The molecule has 2 aromatic rings. The molecule has 0 aliphatic carbocycles. The molecule has 1 aromatic heterocycles. The molecule has 0 unspecified atom stereocenters. The molecule has 0 bridgehead atoms. The number of nitrogens with one attached hydrogen (secondary N) is 1. The molecular formula is C11H10N4O. The van der Waals surface area contributed by atoms with Crippen LogP contribution in [0.3, 0.4) is 0 Å². The van der Waals surface area contributed by atoms with Crippen molar-refractivity contribution in [3.8, 4) is 0 Å². The number of fused-ring (bicyclic) bond motifs is 2. The highest BCUT2D eigenvalue weighted by Crippen LogP contribution is 2.20. The summed E-state index contributed by atoms with van der Waals surface area (Å²) < 4.78 is 0. The molecule has 16 heavy (non-hydrogen) atoms. The quantitative estimate of drug-likeness (QED) is 0.713. The van der Waals surface area contributed by atoms with Crippen LogP contribution in [0.4, 0.5) is 5.82 Å². The molecule has 3 rings (SSSR count). The van der Waals surface area contributed by atoms with E-state index >= 15 is 0 Å². The van der Waals surface area contributed by atoms with Crippen molar-refractivity contribution in [2.75, 3.05) is 19.0 Å². The first-order valence-corrected chi connectivity index (χ1v) is 5.02. The zero-order valence-corrected chi connectivity index (χ0v) is 8.77. The van der Waals surface area contributed by atoms with Crippen LogP contribution in [0.25, 0.3) is 11.0 Å². The maximum Gasteiger partial charge on any atom is 0.277 e. The van der Waals surface area contributed by atoms with Gasteiger partial charge in [0.2, 0.25) is 0 Å². The van der Waals surface area contributed by atoms with Crippen LogP contribution in [0.5, 0.6) is 0 Å². The minimum atomic E-state index is -0.0907. The number of benzene rings is 1. The maximum absolute atomic E-state index is 11.8. The van der Waals surface area contributed by atoms with E-state index in [1.165, 1.54) is 0 Å². The van der Waals surface area contributed by atoms with Crippen molar-refractivity contribution in [2.24, 2.45) is 0 Å². The molecule has 5 nitrogen and oxygen atoms in total. The van der Waals surface area contributed by atoms with Gasteiger partial charge in [-0.05, 0) is 12.1 Å². The van der Waals surface area contributed by atoms with E-state index in [0.29, 0.717) is 18.2 Å². The standard InChI is InChI=1S/C11H10N4O/c1-15-6-12-10-9(11(15)16)13-7-4-2-3-5-8(7)14-10/h2-5H,6H2,1H3,(H,12,14). The molecule has 1 N–H and O–H groups in total. The van der Waals surface area contributed by atoms with Gasteiger partial charge < -0.3 is 10.2 Å². The number of carbonyl (C=O) groups is 1. The number of rotatable bonds is 0. The van der Waals surface area contributed by atoms with Crippen LogP contribution in [0, 0.1) is 0 Å². The van der Waals surface area contributed by atoms with E-state index in [9.17, 15) is 4.79 Å². The van der Waals surface area contributed by atoms with Gasteiger partial charge in [-0.1, -0.05) is 12.1 Å². The normalized spacial score (nSPS) is 14.8. The summed E-state index contributed by atoms with van der Waals surface area (Å²) in [5, 5.41) is 3.07. The lowest BCUT2D eigenvalue weighted by atomic mass is 10.2. The fourth-order valence-corrected chi connectivity index (χ4v) is 1.72. The van der Waals surface area contributed by atoms with Gasteiger partial charge in [-0.2, -0.15) is 0 Å². The Morgan fingerprint density at radius 2 is 1.94 bits per heavy atom. The molecule has 0 spiro atoms. The van der Waals surface area contributed by atoms with E-state index in [2.05, 4.69) is 15.3 Å². The van der Waals surface area contributed by atoms with Gasteiger partial charge >= 0.3 is 0 Å². The summed E-state index contributed by atoms with van der Waals surface area (Å²) in [6.07, 6.45) is 0. The maximum atomic E-state index is 11.8. The topological polar surface area (TPSA) is 58.1 Å². The first kappa shape index (κ1) is 9.08. The molecule has 5 heteroatoms. The molecule has 2 heterocycles. The second kappa shape index (κ2) is 3.16. The zero-order valence-electron chi connectivity index (χ0n) is 8.77. The van der Waals surface area contributed by atoms with Crippen LogP contribution in [0.15, 0.2) is 24.3 Å². The van der Waals surface area contributed by atoms with E-state index in [4.69, 9.17) is 0 Å². The summed E-state index contributed by atoms with van der Waals surface area (Å²) in [7, 11) is 1.73. The van der Waals surface area contributed by atoms with Crippen molar-refractivity contribution in [1.82, 2.24) is 14.9 Å². The molecule has 1 aliphatic rings. The van der Waals surface area contributed by atoms with E-state index in [1.54, 1.807) is 11.9 Å². The Hall–Kier alpha value is -2.17. The van der Waals surface area contributed by atoms with Crippen LogP contribution in [0.2, 0.25) is 0 Å². The van der Waals surface area contributed by atoms with Gasteiger partial charge in [0, 0.05) is 7.05 Å². The Balaban J connectivity index is 2.27. The largest absolute Gasteiger partial charge is 0.351 e. The molecule has 1 amide bonds. The van der Waals surface area contributed by atoms with E-state index in [0.717, 1.165) is 11.0 Å². The molecule has 0 saturated heterocycles. The Morgan fingerprint density at radius 1 is 1.25 bits per heavy atom. The summed E-state index contributed by atoms with van der Waals surface area (Å²) in [6.45, 7) is 0.471. The van der Waals surface area contributed by atoms with Crippen LogP contribution >= 0.6 is 0 Å². The first-order chi connectivity index (χ1) is 7.75. The van der Waals surface area contributed by atoms with Crippen molar-refractivity contribution >= 4 is 22.8 Å². The van der Waals surface area contributed by atoms with E-state index < -0.39 is 0 Å². The summed E-state index contributed by atoms with van der Waals surface area (Å²) >= 11 is 0. The van der Waals surface area contributed by atoms with Crippen LogP contribution in [-0.2, 0) is 0 Å². The third-order valence-corrected chi connectivity index (χ3v) is 2.60. The minimum Gasteiger partial charge on any atom is -0.351 e. The SMILES string of the molecule is CN1CNc2nc3ccccc3nc2C1=O. The van der Waals surface area contributed by atoms with Crippen LogP contribution in [-0.4, -0.2) is 34.5 Å². The number of carbonyl (C=O) groups excluding carboxylic acids is 1. The van der Waals surface area contributed by atoms with Crippen molar-refractivity contribution in [3.63, 3.8) is 0 Å². The summed E-state index contributed by atoms with van der Waals surface area (Å²) in [4.78, 5) is 22.1. The Kier molecular flexibility index (Phi) is 1.80. The fourth-order valence-electron chi connectivity index (χ4n) is 1.72. The van der Waals surface area contributed by atoms with Crippen molar-refractivity contribution in [1.29, 1.82) is 0 Å². The van der Waals surface area contributed by atoms with Gasteiger partial charge in [0.25, 0.3) is 5.91 Å². The van der Waals surface area contributed by atoms with Crippen molar-refractivity contribution in [2.45, 2.75) is 0 Å². The summed E-state index contributed by atoms with van der Waals surface area (Å²) in [5.41, 5.74) is 1.94. The van der Waals surface area contributed by atoms with Gasteiger partial charge in [0.05, 0.1) is 17.7 Å². The highest BCUT2D eigenvalue weighted by Gasteiger charge is 2.24. The van der Waals surface area contributed by atoms with Crippen LogP contribution < -0.4 is 5.32 Å². The third kappa shape index (κ3) is 1.21. The lowest BCUT2D eigenvalue weighted by Gasteiger charge is -2.24. The molecular weight excluding hydrogens is 204 g/mol. The van der Waals surface area contributed by atoms with E-state index in [1.807, 2.05) is 24.3 Å². The molecule has 80 valence electrons. The van der Waals surface area contributed by atoms with E-state index in [-0.39, 0.29) is 5.91 Å². The monoisotopic (exact) mass is 214 g/mol. The second-order valence-corrected chi connectivity index (χ2v) is 3.75. The first-order valence-electron chi connectivity index (χ1n) is 5.02. The minimum absolute atomic E-state index is 0.0907. The van der Waals surface area contributed by atoms with Gasteiger partial charge in [-0.25, -0.2) is 9.97 Å². The summed E-state index contributed by atoms with van der Waals surface area (Å²) in [6, 6.07) is 7.52. The van der Waals surface area contributed by atoms with Gasteiger partial charge in [0.15, 0.2) is 11.5 Å². The number of amides is 1. The number of hydrogen-bond acceptors (Lipinski definition) is 4. The third-order valence-electron chi connectivity index (χ3n) is 2.60. The number of hydrogen-bond donors (Lipinski definition) is 1. The summed E-state index contributed by atoms with van der Waals surface area (Å²) in [5.74, 6) is 0.480. The average molecular weight is 214 g/mol. The lowest BCUT2D eigenvalue weighted by Crippen LogP contribution is -2.38. The van der Waals surface area contributed by atoms with Crippen LogP contribution in [0.1, 0.15) is 10.5 Å². The second-order valence-electron chi connectivity index (χ2n) is 3.75. The number of aromatic nitrogens is 2. The van der Waals surface area contributed by atoms with Gasteiger partial charge in [0.1, 0.15) is 0 Å². The molecule has 1 aliphatic heterocycles. The lowest BCUT2D eigenvalue weighted by molar-refractivity contribution is 0.0790. The predicted octanol–water partition coefficient (Wildman–Crippen LogP) is 1.08. The molecule has 0 radical (unpaired) electrons. The molecule has 0 saturated carbocycles. The van der Waals surface area contributed by atoms with Gasteiger partial charge in [-0.15, -0.1) is 0 Å². The molecule has 1 aromatic carbocycles. The predicted molar refractivity (Wildman–Crippen MR) is 60.1 cm³/mol. The Bertz CT molecular complexity index is 581. The fraction of sp³-hybridized carbons (Fsp3) is 0.182. The highest BCUT2D eigenvalue weighted by molar-refractivity contribution is 6.00. The Morgan fingerprint density at radius 3 is 2.69 bits per heavy atom. The Labute approximate surface area is 92.1 Å².